The molecule has 0 fully saturated rings. The van der Waals surface area contributed by atoms with Gasteiger partial charge in [-0.15, -0.1) is 0 Å². The highest BCUT2D eigenvalue weighted by Gasteiger charge is 2.31. The van der Waals surface area contributed by atoms with Crippen LogP contribution in [0.2, 0.25) is 0 Å². The monoisotopic (exact) mass is 533 g/mol. The minimum absolute atomic E-state index is 0.191. The highest BCUT2D eigenvalue weighted by Crippen LogP contribution is 2.38. The fourth-order valence-electron chi connectivity index (χ4n) is 4.22. The number of fused-ring (bicyclic) bond motifs is 1. The molecule has 3 N–H and O–H groups in total. The van der Waals surface area contributed by atoms with Crippen LogP contribution in [0.4, 0.5) is 33.6 Å². The first kappa shape index (κ1) is 27.5. The summed E-state index contributed by atoms with van der Waals surface area (Å²) in [5, 5.41) is 9.21. The number of rotatable bonds is 10. The highest BCUT2D eigenvalue weighted by molar-refractivity contribution is 6.02. The van der Waals surface area contributed by atoms with Crippen molar-refractivity contribution >= 4 is 40.8 Å². The highest BCUT2D eigenvalue weighted by atomic mass is 16.5. The van der Waals surface area contributed by atoms with Crippen LogP contribution in [0.25, 0.3) is 0 Å². The van der Waals surface area contributed by atoms with Gasteiger partial charge in [-0.2, -0.15) is 4.98 Å². The van der Waals surface area contributed by atoms with E-state index in [2.05, 4.69) is 37.4 Å². The molecule has 2 aliphatic heterocycles. The molecule has 0 atom stereocenters. The molecule has 39 heavy (non-hydrogen) atoms. The van der Waals surface area contributed by atoms with Gasteiger partial charge in [-0.3, -0.25) is 14.6 Å². The zero-order valence-corrected chi connectivity index (χ0v) is 23.0. The number of urea groups is 1. The van der Waals surface area contributed by atoms with Gasteiger partial charge in [-0.25, -0.2) is 9.78 Å². The van der Waals surface area contributed by atoms with Crippen LogP contribution in [0, 0.1) is 0 Å². The van der Waals surface area contributed by atoms with Gasteiger partial charge in [0.05, 0.1) is 36.4 Å². The number of aromatic nitrogens is 2. The number of hydrogen-bond donors (Lipinski definition) is 3. The van der Waals surface area contributed by atoms with Crippen molar-refractivity contribution in [2.45, 2.75) is 6.54 Å². The van der Waals surface area contributed by atoms with Crippen LogP contribution in [-0.4, -0.2) is 86.6 Å². The molecule has 0 saturated heterocycles. The first-order chi connectivity index (χ1) is 18.7. The molecule has 0 unspecified atom stereocenters. The number of methoxy groups -OCH3 is 1. The Morgan fingerprint density at radius 2 is 2.05 bits per heavy atom. The van der Waals surface area contributed by atoms with Crippen molar-refractivity contribution in [1.29, 1.82) is 0 Å². The summed E-state index contributed by atoms with van der Waals surface area (Å²) in [5.41, 5.74) is 3.50. The van der Waals surface area contributed by atoms with Crippen LogP contribution in [-0.2, 0) is 11.3 Å². The molecule has 0 saturated carbocycles. The average molecular weight is 534 g/mol. The van der Waals surface area contributed by atoms with E-state index >= 15 is 0 Å². The summed E-state index contributed by atoms with van der Waals surface area (Å²) in [5.74, 6) is 1.01. The van der Waals surface area contributed by atoms with E-state index in [0.717, 1.165) is 36.6 Å². The fraction of sp³-hybridized carbons (Fsp3) is 0.333. The van der Waals surface area contributed by atoms with Gasteiger partial charge >= 0.3 is 6.03 Å². The Hall–Kier alpha value is -4.58. The lowest BCUT2D eigenvalue weighted by Gasteiger charge is -2.35. The maximum Gasteiger partial charge on any atom is 0.330 e. The molecule has 12 nitrogen and oxygen atoms in total. The normalized spacial score (nSPS) is 14.4. The van der Waals surface area contributed by atoms with Crippen molar-refractivity contribution in [3.63, 3.8) is 0 Å². The summed E-state index contributed by atoms with van der Waals surface area (Å²) in [7, 11) is 9.22. The van der Waals surface area contributed by atoms with Crippen molar-refractivity contribution in [2.75, 3.05) is 75.4 Å². The molecular formula is C27H35N9O3. The standard InChI is InChI=1S/C27H35N9O3/c1-7-24(37)30-20-13-21(23(39-6)14-22(20)34(4)12-11-33(2)3)31-26-29-15-18-17-36(19-9-8-10-28-16-19)27(38)35(5)25(18)32-26/h7-9,13-16,28H,1,10-12,17H2,2-6H3,(H,30,37)(H,29,31,32). The molecule has 12 heteroatoms. The van der Waals surface area contributed by atoms with Gasteiger partial charge in [0.1, 0.15) is 11.6 Å². The number of nitrogens with one attached hydrogen (secondary N) is 3. The zero-order chi connectivity index (χ0) is 28.1. The number of nitrogens with zero attached hydrogens (tertiary/aromatic N) is 6. The van der Waals surface area contributed by atoms with Gasteiger partial charge in [0.25, 0.3) is 0 Å². The number of hydrogen-bond acceptors (Lipinski definition) is 9. The molecule has 2 aliphatic rings. The molecule has 206 valence electrons. The van der Waals surface area contributed by atoms with E-state index in [9.17, 15) is 9.59 Å². The predicted molar refractivity (Wildman–Crippen MR) is 154 cm³/mol. The Morgan fingerprint density at radius 1 is 1.26 bits per heavy atom. The number of anilines is 5. The third-order valence-corrected chi connectivity index (χ3v) is 6.39. The molecule has 1 aromatic carbocycles. The summed E-state index contributed by atoms with van der Waals surface area (Å²) in [6.45, 7) is 6.20. The average Bonchev–Trinajstić information content (AvgIpc) is 2.94. The number of ether oxygens (including phenoxy) is 1. The molecule has 3 amide bonds. The summed E-state index contributed by atoms with van der Waals surface area (Å²) >= 11 is 0. The number of allylic oxidation sites excluding steroid dienone is 1. The van der Waals surface area contributed by atoms with E-state index in [0.29, 0.717) is 29.5 Å². The number of carbonyl (C=O) groups excluding carboxylic acids is 2. The number of amides is 3. The molecule has 0 radical (unpaired) electrons. The Kier molecular flexibility index (Phi) is 8.35. The second-order valence-corrected chi connectivity index (χ2v) is 9.46. The third-order valence-electron chi connectivity index (χ3n) is 6.39. The van der Waals surface area contributed by atoms with Crippen LogP contribution in [0.5, 0.6) is 5.75 Å². The van der Waals surface area contributed by atoms with Crippen LogP contribution >= 0.6 is 0 Å². The van der Waals surface area contributed by atoms with Crippen molar-refractivity contribution in [1.82, 2.24) is 25.1 Å². The van der Waals surface area contributed by atoms with Crippen LogP contribution in [0.3, 0.4) is 0 Å². The summed E-state index contributed by atoms with van der Waals surface area (Å²) in [6.07, 6.45) is 8.63. The van der Waals surface area contributed by atoms with Crippen molar-refractivity contribution in [3.05, 3.63) is 60.6 Å². The molecule has 0 bridgehead atoms. The fourth-order valence-corrected chi connectivity index (χ4v) is 4.22. The number of carbonyl (C=O) groups is 2. The van der Waals surface area contributed by atoms with Gasteiger partial charge in [-0.1, -0.05) is 12.7 Å². The van der Waals surface area contributed by atoms with E-state index in [1.165, 1.54) is 11.0 Å². The van der Waals surface area contributed by atoms with Gasteiger partial charge in [-0.05, 0) is 32.3 Å². The van der Waals surface area contributed by atoms with Crippen LogP contribution in [0.15, 0.2) is 55.0 Å². The summed E-state index contributed by atoms with van der Waals surface area (Å²) < 4.78 is 5.67. The third kappa shape index (κ3) is 6.12. The van der Waals surface area contributed by atoms with Crippen molar-refractivity contribution in [2.24, 2.45) is 0 Å². The predicted octanol–water partition coefficient (Wildman–Crippen LogP) is 2.72. The van der Waals surface area contributed by atoms with E-state index in [-0.39, 0.29) is 17.9 Å². The van der Waals surface area contributed by atoms with Gasteiger partial charge in [0.2, 0.25) is 11.9 Å². The van der Waals surface area contributed by atoms with Crippen LogP contribution < -0.4 is 30.5 Å². The first-order valence-corrected chi connectivity index (χ1v) is 12.5. The Balaban J connectivity index is 1.64. The molecule has 1 aromatic heterocycles. The number of likely N-dealkylation sites (N-methyl/N-ethyl adjacent to an activating group) is 2. The molecule has 0 spiro atoms. The van der Waals surface area contributed by atoms with E-state index in [1.807, 2.05) is 50.5 Å². The second-order valence-electron chi connectivity index (χ2n) is 9.46. The van der Waals surface area contributed by atoms with Gasteiger partial charge in [0.15, 0.2) is 0 Å². The molecule has 3 heterocycles. The number of dihydropyridines is 1. The lowest BCUT2D eigenvalue weighted by atomic mass is 10.2. The Bertz CT molecular complexity index is 1320. The minimum Gasteiger partial charge on any atom is -0.494 e. The molecular weight excluding hydrogens is 498 g/mol. The second kappa shape index (κ2) is 11.9. The molecule has 2 aromatic rings. The van der Waals surface area contributed by atoms with Crippen molar-refractivity contribution < 1.29 is 14.3 Å². The summed E-state index contributed by atoms with van der Waals surface area (Å²) in [6, 6.07) is 3.43. The van der Waals surface area contributed by atoms with Gasteiger partial charge in [0, 0.05) is 57.8 Å². The first-order valence-electron chi connectivity index (χ1n) is 12.5. The maximum atomic E-state index is 13.1. The molecule has 4 rings (SSSR count). The quantitative estimate of drug-likeness (QED) is 0.396. The maximum absolute atomic E-state index is 13.1. The Labute approximate surface area is 228 Å². The summed E-state index contributed by atoms with van der Waals surface area (Å²) in [4.78, 5) is 41.8. The minimum atomic E-state index is -0.332. The largest absolute Gasteiger partial charge is 0.494 e. The smallest absolute Gasteiger partial charge is 0.330 e. The topological polar surface area (TPSA) is 118 Å². The lowest BCUT2D eigenvalue weighted by molar-refractivity contribution is -0.111. The lowest BCUT2D eigenvalue weighted by Crippen LogP contribution is -2.45. The van der Waals surface area contributed by atoms with Crippen LogP contribution in [0.1, 0.15) is 5.56 Å². The molecule has 0 aliphatic carbocycles. The van der Waals surface area contributed by atoms with Crippen molar-refractivity contribution in [3.8, 4) is 5.75 Å². The zero-order valence-electron chi connectivity index (χ0n) is 23.0. The van der Waals surface area contributed by atoms with Gasteiger partial charge < -0.3 is 30.5 Å². The number of benzene rings is 1. The SMILES string of the molecule is C=CC(=O)Nc1cc(Nc2ncc3c(n2)N(C)C(=O)N(C2=CNCC=C2)C3)c(OC)cc1N(C)CCN(C)C. The van der Waals surface area contributed by atoms with E-state index in [4.69, 9.17) is 4.74 Å². The van der Waals surface area contributed by atoms with E-state index in [1.54, 1.807) is 31.3 Å². The van der Waals surface area contributed by atoms with E-state index < -0.39 is 0 Å². The Morgan fingerprint density at radius 3 is 2.72 bits per heavy atom.